The predicted octanol–water partition coefficient (Wildman–Crippen LogP) is 2.73. The first-order valence-corrected chi connectivity index (χ1v) is 11.2. The Bertz CT molecular complexity index is 1080. The third-order valence-electron chi connectivity index (χ3n) is 6.74. The lowest BCUT2D eigenvalue weighted by molar-refractivity contribution is 0.0152. The highest BCUT2D eigenvalue weighted by Gasteiger charge is 2.39. The Balaban J connectivity index is 1.61. The normalized spacial score (nSPS) is 17.3. The van der Waals surface area contributed by atoms with E-state index in [1.54, 1.807) is 12.1 Å². The molecular formula is C24H28N4O4. The van der Waals surface area contributed by atoms with Gasteiger partial charge in [-0.15, -0.1) is 0 Å². The number of ether oxygens (including phenoxy) is 1. The second-order valence-electron chi connectivity index (χ2n) is 8.67. The van der Waals surface area contributed by atoms with Crippen LogP contribution in [-0.4, -0.2) is 46.5 Å². The van der Waals surface area contributed by atoms with E-state index in [2.05, 4.69) is 11.4 Å². The summed E-state index contributed by atoms with van der Waals surface area (Å²) in [4.78, 5) is 24.5. The lowest BCUT2D eigenvalue weighted by atomic mass is 9.76. The highest BCUT2D eigenvalue weighted by Crippen LogP contribution is 2.37. The van der Waals surface area contributed by atoms with Gasteiger partial charge in [-0.2, -0.15) is 10.4 Å². The fraction of sp³-hybridized carbons (Fsp3) is 0.500. The van der Waals surface area contributed by atoms with Gasteiger partial charge in [0.05, 0.1) is 34.1 Å². The van der Waals surface area contributed by atoms with Gasteiger partial charge in [-0.25, -0.2) is 4.79 Å². The van der Waals surface area contributed by atoms with Crippen LogP contribution in [0.1, 0.15) is 69.4 Å². The number of aromatic nitrogens is 2. The summed E-state index contributed by atoms with van der Waals surface area (Å²) in [6.07, 6.45) is 4.31. The van der Waals surface area contributed by atoms with Gasteiger partial charge >= 0.3 is 5.97 Å². The minimum Gasteiger partial charge on any atom is -0.478 e. The largest absolute Gasteiger partial charge is 0.478 e. The van der Waals surface area contributed by atoms with Gasteiger partial charge in [-0.1, -0.05) is 13.0 Å². The van der Waals surface area contributed by atoms with E-state index in [9.17, 15) is 20.0 Å². The first-order chi connectivity index (χ1) is 15.5. The average molecular weight is 437 g/mol. The Morgan fingerprint density at radius 3 is 2.84 bits per heavy atom. The van der Waals surface area contributed by atoms with Crippen LogP contribution in [0.15, 0.2) is 18.2 Å². The zero-order valence-electron chi connectivity index (χ0n) is 18.3. The molecule has 2 aliphatic rings. The van der Waals surface area contributed by atoms with Gasteiger partial charge in [0.1, 0.15) is 0 Å². The molecule has 168 valence electrons. The van der Waals surface area contributed by atoms with Crippen LogP contribution in [-0.2, 0) is 30.5 Å². The van der Waals surface area contributed by atoms with Crippen LogP contribution in [0.5, 0.6) is 0 Å². The standard InChI is InChI=1S/C24H28N4O4/c1-2-19-21-20(13-24(15-26-22(21)29)8-11-32-12-9-24)28(27-19)10-4-7-17-16(14-25)5-3-6-18(17)23(30)31/h3,5-6H,2,4,7-13,15H2,1H3,(H,26,29)(H,30,31). The molecule has 2 aliphatic heterocycles. The molecule has 8 nitrogen and oxygen atoms in total. The number of carboxylic acid groups (broad SMARTS) is 1. The van der Waals surface area contributed by atoms with Crippen molar-refractivity contribution in [2.75, 3.05) is 19.8 Å². The zero-order chi connectivity index (χ0) is 22.7. The van der Waals surface area contributed by atoms with Gasteiger partial charge in [0.25, 0.3) is 5.91 Å². The number of hydrogen-bond acceptors (Lipinski definition) is 5. The Hall–Kier alpha value is -3.18. The maximum atomic E-state index is 12.9. The van der Waals surface area contributed by atoms with Crippen molar-refractivity contribution >= 4 is 11.9 Å². The number of fused-ring (bicyclic) bond motifs is 1. The Morgan fingerprint density at radius 1 is 1.38 bits per heavy atom. The van der Waals surface area contributed by atoms with Gasteiger partial charge in [0, 0.05) is 26.3 Å². The molecule has 0 bridgehead atoms. The molecule has 0 unspecified atom stereocenters. The Kier molecular flexibility index (Phi) is 6.28. The highest BCUT2D eigenvalue weighted by atomic mass is 16.5. The molecule has 4 rings (SSSR count). The van der Waals surface area contributed by atoms with Crippen LogP contribution in [0.4, 0.5) is 0 Å². The molecule has 32 heavy (non-hydrogen) atoms. The summed E-state index contributed by atoms with van der Waals surface area (Å²) in [6, 6.07) is 6.88. The van der Waals surface area contributed by atoms with Crippen molar-refractivity contribution < 1.29 is 19.4 Å². The van der Waals surface area contributed by atoms with Crippen LogP contribution in [0.2, 0.25) is 0 Å². The quantitative estimate of drug-likeness (QED) is 0.719. The van der Waals surface area contributed by atoms with Crippen LogP contribution < -0.4 is 5.32 Å². The second kappa shape index (κ2) is 9.13. The molecule has 8 heteroatoms. The van der Waals surface area contributed by atoms with Gasteiger partial charge in [0.15, 0.2) is 0 Å². The van der Waals surface area contributed by atoms with E-state index in [1.165, 1.54) is 6.07 Å². The number of nitrogens with zero attached hydrogens (tertiary/aromatic N) is 3. The smallest absolute Gasteiger partial charge is 0.336 e. The van der Waals surface area contributed by atoms with Crippen molar-refractivity contribution in [3.05, 3.63) is 51.8 Å². The fourth-order valence-electron chi connectivity index (χ4n) is 4.92. The lowest BCUT2D eigenvalue weighted by Gasteiger charge is -2.36. The molecule has 1 saturated heterocycles. The Morgan fingerprint density at radius 2 is 2.16 bits per heavy atom. The topological polar surface area (TPSA) is 117 Å². The number of amides is 1. The summed E-state index contributed by atoms with van der Waals surface area (Å²) in [5, 5.41) is 26.8. The number of nitriles is 1. The summed E-state index contributed by atoms with van der Waals surface area (Å²) in [6.45, 7) is 4.59. The Labute approximate surface area is 187 Å². The number of aryl methyl sites for hydroxylation is 2. The zero-order valence-corrected chi connectivity index (χ0v) is 18.3. The number of carbonyl (C=O) groups excluding carboxylic acids is 1. The van der Waals surface area contributed by atoms with Crippen molar-refractivity contribution in [3.63, 3.8) is 0 Å². The van der Waals surface area contributed by atoms with E-state index in [1.807, 2.05) is 11.6 Å². The number of benzene rings is 1. The number of hydrogen-bond donors (Lipinski definition) is 2. The summed E-state index contributed by atoms with van der Waals surface area (Å²) in [5.74, 6) is -1.09. The van der Waals surface area contributed by atoms with Crippen molar-refractivity contribution in [1.82, 2.24) is 15.1 Å². The van der Waals surface area contributed by atoms with E-state index in [0.29, 0.717) is 62.3 Å². The van der Waals surface area contributed by atoms with Crippen molar-refractivity contribution in [3.8, 4) is 6.07 Å². The molecular weight excluding hydrogens is 408 g/mol. The summed E-state index contributed by atoms with van der Waals surface area (Å²) in [7, 11) is 0. The summed E-state index contributed by atoms with van der Waals surface area (Å²) in [5.41, 5.74) is 3.54. The van der Waals surface area contributed by atoms with Crippen molar-refractivity contribution in [2.45, 2.75) is 52.0 Å². The van der Waals surface area contributed by atoms with E-state index >= 15 is 0 Å². The molecule has 2 N–H and O–H groups in total. The number of carbonyl (C=O) groups is 2. The van der Waals surface area contributed by atoms with E-state index in [-0.39, 0.29) is 16.9 Å². The second-order valence-corrected chi connectivity index (χ2v) is 8.67. The minimum absolute atomic E-state index is 0.0220. The third kappa shape index (κ3) is 4.13. The SMILES string of the molecule is CCc1nn(CCCc2c(C#N)cccc2C(=O)O)c2c1C(=O)NCC1(CCOCC1)C2. The number of nitrogens with one attached hydrogen (secondary N) is 1. The molecule has 0 aliphatic carbocycles. The molecule has 0 radical (unpaired) electrons. The van der Waals surface area contributed by atoms with E-state index in [0.717, 1.165) is 30.7 Å². The average Bonchev–Trinajstić information content (AvgIpc) is 3.08. The summed E-state index contributed by atoms with van der Waals surface area (Å²) >= 11 is 0. The molecule has 0 atom stereocenters. The van der Waals surface area contributed by atoms with Crippen LogP contribution in [0, 0.1) is 16.7 Å². The molecule has 1 amide bonds. The van der Waals surface area contributed by atoms with E-state index < -0.39 is 5.97 Å². The summed E-state index contributed by atoms with van der Waals surface area (Å²) < 4.78 is 7.50. The highest BCUT2D eigenvalue weighted by molar-refractivity contribution is 5.97. The minimum atomic E-state index is -1.03. The molecule has 2 aromatic rings. The van der Waals surface area contributed by atoms with Crippen molar-refractivity contribution in [2.24, 2.45) is 5.41 Å². The molecule has 1 fully saturated rings. The molecule has 1 spiro atoms. The number of carboxylic acids is 1. The molecule has 1 aromatic carbocycles. The van der Waals surface area contributed by atoms with Crippen LogP contribution >= 0.6 is 0 Å². The third-order valence-corrected chi connectivity index (χ3v) is 6.74. The maximum absolute atomic E-state index is 12.9. The lowest BCUT2D eigenvalue weighted by Crippen LogP contribution is -2.40. The van der Waals surface area contributed by atoms with Gasteiger partial charge in [-0.3, -0.25) is 9.48 Å². The number of aromatic carboxylic acids is 1. The molecule has 3 heterocycles. The van der Waals surface area contributed by atoms with Gasteiger partial charge in [0.2, 0.25) is 0 Å². The maximum Gasteiger partial charge on any atom is 0.336 e. The van der Waals surface area contributed by atoms with Crippen LogP contribution in [0.3, 0.4) is 0 Å². The predicted molar refractivity (Wildman–Crippen MR) is 117 cm³/mol. The first-order valence-electron chi connectivity index (χ1n) is 11.2. The molecule has 1 aromatic heterocycles. The molecule has 0 saturated carbocycles. The number of rotatable bonds is 6. The van der Waals surface area contributed by atoms with Gasteiger partial charge < -0.3 is 15.2 Å². The first kappa shape index (κ1) is 22.0. The van der Waals surface area contributed by atoms with Gasteiger partial charge in [-0.05, 0) is 61.6 Å². The fourth-order valence-corrected chi connectivity index (χ4v) is 4.92. The van der Waals surface area contributed by atoms with E-state index in [4.69, 9.17) is 9.84 Å². The monoisotopic (exact) mass is 436 g/mol. The van der Waals surface area contributed by atoms with Crippen molar-refractivity contribution in [1.29, 1.82) is 5.26 Å². The van der Waals surface area contributed by atoms with Crippen LogP contribution in [0.25, 0.3) is 0 Å².